The smallest absolute Gasteiger partial charge is 0.416 e. The van der Waals surface area contributed by atoms with E-state index in [9.17, 15) is 18.0 Å². The topological polar surface area (TPSA) is 65.4 Å². The summed E-state index contributed by atoms with van der Waals surface area (Å²) in [6, 6.07) is 20.0. The number of anilines is 1. The molecule has 0 saturated heterocycles. The molecule has 1 heterocycles. The minimum Gasteiger partial charge on any atom is -0.496 e. The molecule has 1 N–H and O–H groups in total. The fraction of sp³-hybridized carbons (Fsp3) is 0.200. The number of aromatic nitrogens is 2. The van der Waals surface area contributed by atoms with E-state index in [0.717, 1.165) is 34.6 Å². The summed E-state index contributed by atoms with van der Waals surface area (Å²) < 4.78 is 51.9. The molecule has 0 saturated carbocycles. The number of hydrogen-bond donors (Lipinski definition) is 1. The summed E-state index contributed by atoms with van der Waals surface area (Å²) in [5, 5.41) is 7.02. The lowest BCUT2D eigenvalue weighted by Crippen LogP contribution is -2.10. The number of nitrogens with one attached hydrogen (secondary N) is 1. The number of methoxy groups -OCH3 is 1. The van der Waals surface area contributed by atoms with E-state index in [4.69, 9.17) is 9.47 Å². The molecule has 3 aromatic carbocycles. The molecule has 0 bridgehead atoms. The molecule has 0 aliphatic carbocycles. The molecule has 9 heteroatoms. The Hall–Kier alpha value is -4.53. The van der Waals surface area contributed by atoms with Crippen molar-refractivity contribution in [2.45, 2.75) is 33.2 Å². The summed E-state index contributed by atoms with van der Waals surface area (Å²) in [5.41, 5.74) is 3.18. The summed E-state index contributed by atoms with van der Waals surface area (Å²) in [6.45, 7) is 4.21. The van der Waals surface area contributed by atoms with E-state index in [-0.39, 0.29) is 6.54 Å². The van der Waals surface area contributed by atoms with Crippen molar-refractivity contribution >= 4 is 17.8 Å². The Balaban J connectivity index is 1.39. The summed E-state index contributed by atoms with van der Waals surface area (Å²) in [5.74, 6) is 1.32. The molecule has 0 aliphatic rings. The molecule has 39 heavy (non-hydrogen) atoms. The quantitative estimate of drug-likeness (QED) is 0.239. The van der Waals surface area contributed by atoms with E-state index < -0.39 is 17.6 Å². The highest BCUT2D eigenvalue weighted by molar-refractivity contribution is 6.01. The van der Waals surface area contributed by atoms with Crippen LogP contribution in [0.3, 0.4) is 0 Å². The van der Waals surface area contributed by atoms with Gasteiger partial charge in [0.1, 0.15) is 18.1 Å². The van der Waals surface area contributed by atoms with Crippen molar-refractivity contribution in [3.05, 3.63) is 112 Å². The van der Waals surface area contributed by atoms with Gasteiger partial charge in [-0.1, -0.05) is 35.9 Å². The molecule has 0 aliphatic heterocycles. The summed E-state index contributed by atoms with van der Waals surface area (Å²) >= 11 is 0. The molecule has 1 amide bonds. The van der Waals surface area contributed by atoms with Gasteiger partial charge in [-0.25, -0.2) is 0 Å². The lowest BCUT2D eigenvalue weighted by molar-refractivity contribution is -0.137. The maximum absolute atomic E-state index is 13.0. The van der Waals surface area contributed by atoms with E-state index in [0.29, 0.717) is 29.4 Å². The van der Waals surface area contributed by atoms with Gasteiger partial charge in [0, 0.05) is 23.4 Å². The van der Waals surface area contributed by atoms with Gasteiger partial charge >= 0.3 is 6.18 Å². The van der Waals surface area contributed by atoms with Gasteiger partial charge in [0.2, 0.25) is 5.91 Å². The van der Waals surface area contributed by atoms with Crippen LogP contribution in [0.4, 0.5) is 19.0 Å². The first kappa shape index (κ1) is 27.5. The Morgan fingerprint density at radius 1 is 1.03 bits per heavy atom. The van der Waals surface area contributed by atoms with Crippen molar-refractivity contribution in [3.63, 3.8) is 0 Å². The predicted octanol–water partition coefficient (Wildman–Crippen LogP) is 6.81. The van der Waals surface area contributed by atoms with Crippen molar-refractivity contribution < 1.29 is 27.4 Å². The maximum Gasteiger partial charge on any atom is 0.416 e. The first-order valence-electron chi connectivity index (χ1n) is 12.2. The van der Waals surface area contributed by atoms with Crippen molar-refractivity contribution in [3.8, 4) is 11.5 Å². The number of benzene rings is 3. The molecule has 0 fully saturated rings. The van der Waals surface area contributed by atoms with Gasteiger partial charge in [0.25, 0.3) is 0 Å². The van der Waals surface area contributed by atoms with Crippen LogP contribution in [0.25, 0.3) is 6.08 Å². The number of rotatable bonds is 9. The molecule has 0 unspecified atom stereocenters. The molecule has 202 valence electrons. The Bertz CT molecular complexity index is 1480. The Kier molecular flexibility index (Phi) is 8.39. The highest BCUT2D eigenvalue weighted by atomic mass is 19.4. The van der Waals surface area contributed by atoms with Crippen LogP contribution in [-0.4, -0.2) is 22.8 Å². The molecule has 4 rings (SSSR count). The number of nitrogens with zero attached hydrogens (tertiary/aromatic N) is 2. The third kappa shape index (κ3) is 7.50. The SMILES string of the molecule is COc1ccc(/C=C/C(=O)Nc2cc(C)n(Cc3cccc(C(F)(F)F)c3)n2)cc1COc1ccc(C)cc1. The molecule has 0 spiro atoms. The van der Waals surface area contributed by atoms with Crippen LogP contribution in [0.15, 0.2) is 78.9 Å². The molecular weight excluding hydrogens is 507 g/mol. The maximum atomic E-state index is 13.0. The zero-order valence-electron chi connectivity index (χ0n) is 21.8. The number of amides is 1. The Morgan fingerprint density at radius 2 is 1.79 bits per heavy atom. The molecule has 0 atom stereocenters. The van der Waals surface area contributed by atoms with Gasteiger partial charge in [0.05, 0.1) is 19.2 Å². The second-order valence-electron chi connectivity index (χ2n) is 9.02. The van der Waals surface area contributed by atoms with Gasteiger partial charge in [-0.3, -0.25) is 9.48 Å². The van der Waals surface area contributed by atoms with Crippen molar-refractivity contribution in [1.82, 2.24) is 9.78 Å². The monoisotopic (exact) mass is 535 g/mol. The van der Waals surface area contributed by atoms with Crippen molar-refractivity contribution in [2.75, 3.05) is 12.4 Å². The van der Waals surface area contributed by atoms with Gasteiger partial charge in [0.15, 0.2) is 5.82 Å². The summed E-state index contributed by atoms with van der Waals surface area (Å²) in [6.07, 6.45) is -1.37. The lowest BCUT2D eigenvalue weighted by atomic mass is 10.1. The van der Waals surface area contributed by atoms with E-state index in [1.54, 1.807) is 36.9 Å². The summed E-state index contributed by atoms with van der Waals surface area (Å²) in [7, 11) is 1.59. The van der Waals surface area contributed by atoms with Crippen molar-refractivity contribution in [1.29, 1.82) is 0 Å². The van der Waals surface area contributed by atoms with Gasteiger partial charge in [-0.2, -0.15) is 18.3 Å². The minimum atomic E-state index is -4.42. The number of carbonyl (C=O) groups is 1. The number of alkyl halides is 3. The number of hydrogen-bond acceptors (Lipinski definition) is 4. The average Bonchev–Trinajstić information content (AvgIpc) is 3.24. The first-order valence-corrected chi connectivity index (χ1v) is 12.2. The summed E-state index contributed by atoms with van der Waals surface area (Å²) in [4.78, 5) is 12.5. The highest BCUT2D eigenvalue weighted by Gasteiger charge is 2.30. The van der Waals surface area contributed by atoms with Crippen LogP contribution in [0.1, 0.15) is 33.5 Å². The van der Waals surface area contributed by atoms with E-state index in [1.807, 2.05) is 49.4 Å². The number of carbonyl (C=O) groups excluding carboxylic acids is 1. The predicted molar refractivity (Wildman–Crippen MR) is 144 cm³/mol. The fourth-order valence-electron chi connectivity index (χ4n) is 3.90. The van der Waals surface area contributed by atoms with Crippen LogP contribution in [0.2, 0.25) is 0 Å². The molecule has 4 aromatic rings. The van der Waals surface area contributed by atoms with Crippen LogP contribution in [-0.2, 0) is 24.1 Å². The second kappa shape index (κ2) is 11.9. The first-order chi connectivity index (χ1) is 18.6. The zero-order valence-corrected chi connectivity index (χ0v) is 21.8. The number of halogens is 3. The third-order valence-corrected chi connectivity index (χ3v) is 5.97. The Labute approximate surface area is 224 Å². The molecule has 1 aromatic heterocycles. The van der Waals surface area contributed by atoms with E-state index in [2.05, 4.69) is 10.4 Å². The lowest BCUT2D eigenvalue weighted by Gasteiger charge is -2.11. The normalized spacial score (nSPS) is 11.5. The zero-order chi connectivity index (χ0) is 28.0. The largest absolute Gasteiger partial charge is 0.496 e. The number of ether oxygens (including phenoxy) is 2. The Morgan fingerprint density at radius 3 is 2.51 bits per heavy atom. The van der Waals surface area contributed by atoms with E-state index in [1.165, 1.54) is 12.1 Å². The molecular formula is C30H28F3N3O3. The van der Waals surface area contributed by atoms with Crippen LogP contribution < -0.4 is 14.8 Å². The van der Waals surface area contributed by atoms with Crippen LogP contribution in [0, 0.1) is 13.8 Å². The van der Waals surface area contributed by atoms with Crippen LogP contribution >= 0.6 is 0 Å². The average molecular weight is 536 g/mol. The van der Waals surface area contributed by atoms with E-state index >= 15 is 0 Å². The third-order valence-electron chi connectivity index (χ3n) is 5.97. The van der Waals surface area contributed by atoms with Crippen LogP contribution in [0.5, 0.6) is 11.5 Å². The second-order valence-corrected chi connectivity index (χ2v) is 9.02. The van der Waals surface area contributed by atoms with Gasteiger partial charge in [-0.15, -0.1) is 0 Å². The van der Waals surface area contributed by atoms with Gasteiger partial charge < -0.3 is 14.8 Å². The van der Waals surface area contributed by atoms with Crippen molar-refractivity contribution in [2.24, 2.45) is 0 Å². The molecule has 6 nitrogen and oxygen atoms in total. The molecule has 0 radical (unpaired) electrons. The highest BCUT2D eigenvalue weighted by Crippen LogP contribution is 2.30. The standard InChI is InChI=1S/C30H28F3N3O3/c1-20-7-11-26(12-8-20)39-19-24-16-22(9-13-27(24)38-3)10-14-29(37)34-28-15-21(2)36(35-28)18-23-5-4-6-25(17-23)30(31,32)33/h4-17H,18-19H2,1-3H3,(H,34,35,37)/b14-10+. The fourth-order valence-corrected chi connectivity index (χ4v) is 3.90. The number of aryl methyl sites for hydroxylation is 2. The minimum absolute atomic E-state index is 0.140. The van der Waals surface area contributed by atoms with Gasteiger partial charge in [-0.05, 0) is 67.4 Å².